The highest BCUT2D eigenvalue weighted by molar-refractivity contribution is 5.85. The summed E-state index contributed by atoms with van der Waals surface area (Å²) >= 11 is 0. The van der Waals surface area contributed by atoms with E-state index in [1.807, 2.05) is 37.3 Å². The van der Waals surface area contributed by atoms with Crippen LogP contribution in [-0.4, -0.2) is 61.4 Å². The molecule has 1 heterocycles. The van der Waals surface area contributed by atoms with Crippen molar-refractivity contribution in [3.05, 3.63) is 35.9 Å². The average molecular weight is 374 g/mol. The molecular formula is C20H30N4O3. The van der Waals surface area contributed by atoms with Crippen molar-refractivity contribution in [3.63, 3.8) is 0 Å². The Bertz CT molecular complexity index is 613. The lowest BCUT2D eigenvalue weighted by Gasteiger charge is -2.31. The van der Waals surface area contributed by atoms with Crippen LogP contribution in [0.15, 0.2) is 30.3 Å². The van der Waals surface area contributed by atoms with Gasteiger partial charge in [0.1, 0.15) is 0 Å². The second-order valence-electron chi connectivity index (χ2n) is 6.91. The Morgan fingerprint density at radius 1 is 1.00 bits per heavy atom. The molecule has 148 valence electrons. The minimum Gasteiger partial charge on any atom is -0.355 e. The molecule has 0 aromatic heterocycles. The molecule has 3 N–H and O–H groups in total. The quantitative estimate of drug-likeness (QED) is 0.585. The van der Waals surface area contributed by atoms with Crippen LogP contribution in [0.3, 0.4) is 0 Å². The zero-order chi connectivity index (χ0) is 19.5. The van der Waals surface area contributed by atoms with Gasteiger partial charge in [0.15, 0.2) is 0 Å². The van der Waals surface area contributed by atoms with Crippen molar-refractivity contribution >= 4 is 17.7 Å². The fourth-order valence-electron chi connectivity index (χ4n) is 3.06. The van der Waals surface area contributed by atoms with E-state index in [2.05, 4.69) is 20.9 Å². The van der Waals surface area contributed by atoms with Crippen molar-refractivity contribution < 1.29 is 14.4 Å². The van der Waals surface area contributed by atoms with Crippen LogP contribution in [0, 0.1) is 0 Å². The van der Waals surface area contributed by atoms with Gasteiger partial charge in [-0.2, -0.15) is 0 Å². The Kier molecular flexibility index (Phi) is 8.77. The Balaban J connectivity index is 1.60. The van der Waals surface area contributed by atoms with Gasteiger partial charge in [0, 0.05) is 25.7 Å². The van der Waals surface area contributed by atoms with E-state index in [-0.39, 0.29) is 36.7 Å². The highest BCUT2D eigenvalue weighted by Crippen LogP contribution is 2.09. The SMILES string of the molecule is CCCNC(=O)CN1CCC(NC(=O)CNC(=O)Cc2ccccc2)CC1. The van der Waals surface area contributed by atoms with Gasteiger partial charge in [0.05, 0.1) is 19.5 Å². The number of hydrogen-bond acceptors (Lipinski definition) is 4. The van der Waals surface area contributed by atoms with Crippen LogP contribution in [0.25, 0.3) is 0 Å². The van der Waals surface area contributed by atoms with Crippen LogP contribution in [0.4, 0.5) is 0 Å². The van der Waals surface area contributed by atoms with E-state index < -0.39 is 0 Å². The van der Waals surface area contributed by atoms with Crippen molar-refractivity contribution in [2.24, 2.45) is 0 Å². The fourth-order valence-corrected chi connectivity index (χ4v) is 3.06. The fraction of sp³-hybridized carbons (Fsp3) is 0.550. The number of rotatable bonds is 9. The first-order valence-electron chi connectivity index (χ1n) is 9.66. The van der Waals surface area contributed by atoms with Crippen LogP contribution in [0.1, 0.15) is 31.7 Å². The normalized spacial score (nSPS) is 15.1. The predicted octanol–water partition coefficient (Wildman–Crippen LogP) is 0.452. The third kappa shape index (κ3) is 8.21. The van der Waals surface area contributed by atoms with Crippen molar-refractivity contribution in [2.75, 3.05) is 32.7 Å². The van der Waals surface area contributed by atoms with Crippen molar-refractivity contribution in [3.8, 4) is 0 Å². The lowest BCUT2D eigenvalue weighted by molar-refractivity contribution is -0.126. The monoisotopic (exact) mass is 374 g/mol. The number of benzene rings is 1. The van der Waals surface area contributed by atoms with E-state index in [1.54, 1.807) is 0 Å². The molecule has 0 saturated carbocycles. The molecule has 1 aliphatic rings. The summed E-state index contributed by atoms with van der Waals surface area (Å²) in [7, 11) is 0. The molecule has 0 unspecified atom stereocenters. The van der Waals surface area contributed by atoms with Gasteiger partial charge < -0.3 is 16.0 Å². The number of carbonyl (C=O) groups is 3. The van der Waals surface area contributed by atoms with E-state index >= 15 is 0 Å². The second kappa shape index (κ2) is 11.3. The van der Waals surface area contributed by atoms with Gasteiger partial charge in [-0.25, -0.2) is 0 Å². The van der Waals surface area contributed by atoms with Crippen LogP contribution < -0.4 is 16.0 Å². The van der Waals surface area contributed by atoms with E-state index in [0.29, 0.717) is 13.1 Å². The largest absolute Gasteiger partial charge is 0.355 e. The molecule has 3 amide bonds. The molecule has 0 bridgehead atoms. The highest BCUT2D eigenvalue weighted by Gasteiger charge is 2.22. The number of likely N-dealkylation sites (tertiary alicyclic amines) is 1. The first kappa shape index (κ1) is 20.9. The summed E-state index contributed by atoms with van der Waals surface area (Å²) in [6, 6.07) is 9.53. The van der Waals surface area contributed by atoms with Crippen LogP contribution in [-0.2, 0) is 20.8 Å². The van der Waals surface area contributed by atoms with Gasteiger partial charge in [-0.05, 0) is 24.8 Å². The summed E-state index contributed by atoms with van der Waals surface area (Å²) in [6.45, 7) is 4.71. The molecule has 7 nitrogen and oxygen atoms in total. The summed E-state index contributed by atoms with van der Waals surface area (Å²) in [5, 5.41) is 8.50. The Morgan fingerprint density at radius 3 is 2.37 bits per heavy atom. The van der Waals surface area contributed by atoms with Gasteiger partial charge in [-0.3, -0.25) is 19.3 Å². The minimum atomic E-state index is -0.171. The summed E-state index contributed by atoms with van der Waals surface area (Å²) in [6.07, 6.45) is 2.82. The average Bonchev–Trinajstić information content (AvgIpc) is 2.67. The standard InChI is InChI=1S/C20H30N4O3/c1-2-10-21-20(27)15-24-11-8-17(9-12-24)23-19(26)14-22-18(25)13-16-6-4-3-5-7-16/h3-7,17H,2,8-15H2,1H3,(H,21,27)(H,22,25)(H,23,26). The predicted molar refractivity (Wildman–Crippen MR) is 104 cm³/mol. The van der Waals surface area contributed by atoms with Crippen molar-refractivity contribution in [1.29, 1.82) is 0 Å². The smallest absolute Gasteiger partial charge is 0.239 e. The maximum atomic E-state index is 12.0. The van der Waals surface area contributed by atoms with Gasteiger partial charge in [0.2, 0.25) is 17.7 Å². The third-order valence-corrected chi connectivity index (χ3v) is 4.55. The van der Waals surface area contributed by atoms with Crippen molar-refractivity contribution in [2.45, 2.75) is 38.6 Å². The zero-order valence-corrected chi connectivity index (χ0v) is 16.0. The van der Waals surface area contributed by atoms with Crippen LogP contribution >= 0.6 is 0 Å². The Hall–Kier alpha value is -2.41. The number of carbonyl (C=O) groups excluding carboxylic acids is 3. The molecule has 1 aromatic carbocycles. The molecule has 0 atom stereocenters. The summed E-state index contributed by atoms with van der Waals surface area (Å²) in [5.41, 5.74) is 0.922. The maximum Gasteiger partial charge on any atom is 0.239 e. The summed E-state index contributed by atoms with van der Waals surface area (Å²) in [4.78, 5) is 37.8. The molecule has 0 aliphatic carbocycles. The van der Waals surface area contributed by atoms with Gasteiger partial charge in [-0.15, -0.1) is 0 Å². The molecule has 1 saturated heterocycles. The molecular weight excluding hydrogens is 344 g/mol. The minimum absolute atomic E-state index is 0.00863. The van der Waals surface area contributed by atoms with Crippen LogP contribution in [0.2, 0.25) is 0 Å². The van der Waals surface area contributed by atoms with Crippen molar-refractivity contribution in [1.82, 2.24) is 20.9 Å². The molecule has 1 fully saturated rings. The zero-order valence-electron chi connectivity index (χ0n) is 16.0. The van der Waals surface area contributed by atoms with E-state index in [9.17, 15) is 14.4 Å². The Morgan fingerprint density at radius 2 is 1.70 bits per heavy atom. The number of nitrogens with zero attached hydrogens (tertiary/aromatic N) is 1. The lowest BCUT2D eigenvalue weighted by Crippen LogP contribution is -2.49. The second-order valence-corrected chi connectivity index (χ2v) is 6.91. The molecule has 0 radical (unpaired) electrons. The topological polar surface area (TPSA) is 90.5 Å². The van der Waals surface area contributed by atoms with E-state index in [0.717, 1.165) is 37.9 Å². The number of amides is 3. The van der Waals surface area contributed by atoms with Gasteiger partial charge >= 0.3 is 0 Å². The highest BCUT2D eigenvalue weighted by atomic mass is 16.2. The third-order valence-electron chi connectivity index (χ3n) is 4.55. The lowest BCUT2D eigenvalue weighted by atomic mass is 10.0. The molecule has 1 aliphatic heterocycles. The first-order chi connectivity index (χ1) is 13.1. The molecule has 0 spiro atoms. The van der Waals surface area contributed by atoms with E-state index in [1.165, 1.54) is 0 Å². The molecule has 7 heteroatoms. The molecule has 2 rings (SSSR count). The van der Waals surface area contributed by atoms with Gasteiger partial charge in [-0.1, -0.05) is 37.3 Å². The van der Waals surface area contributed by atoms with Crippen LogP contribution in [0.5, 0.6) is 0 Å². The molecule has 1 aromatic rings. The maximum absolute atomic E-state index is 12.0. The number of piperidine rings is 1. The van der Waals surface area contributed by atoms with Gasteiger partial charge in [0.25, 0.3) is 0 Å². The summed E-state index contributed by atoms with van der Waals surface area (Å²) in [5.74, 6) is -0.278. The Labute approximate surface area is 160 Å². The molecule has 27 heavy (non-hydrogen) atoms. The number of hydrogen-bond donors (Lipinski definition) is 3. The van der Waals surface area contributed by atoms with E-state index in [4.69, 9.17) is 0 Å². The summed E-state index contributed by atoms with van der Waals surface area (Å²) < 4.78 is 0. The number of nitrogens with one attached hydrogen (secondary N) is 3. The first-order valence-corrected chi connectivity index (χ1v) is 9.66.